The molecule has 0 bridgehead atoms. The lowest BCUT2D eigenvalue weighted by atomic mass is 10.1. The average Bonchev–Trinajstić information content (AvgIpc) is 3.16. The SMILES string of the molecule is CC(C)N(CCc1nccs1)C(=O)c1cc(F)cc2[nH]cnc12. The van der Waals surface area contributed by atoms with E-state index in [1.807, 2.05) is 19.2 Å². The fourth-order valence-electron chi connectivity index (χ4n) is 2.52. The van der Waals surface area contributed by atoms with E-state index in [0.29, 0.717) is 24.0 Å². The van der Waals surface area contributed by atoms with Crippen LogP contribution in [-0.4, -0.2) is 38.3 Å². The van der Waals surface area contributed by atoms with Gasteiger partial charge in [0.15, 0.2) is 0 Å². The summed E-state index contributed by atoms with van der Waals surface area (Å²) in [5.74, 6) is -0.665. The number of nitrogens with zero attached hydrogens (tertiary/aromatic N) is 3. The van der Waals surface area contributed by atoms with Crippen LogP contribution in [0.3, 0.4) is 0 Å². The number of carbonyl (C=O) groups excluding carboxylic acids is 1. The zero-order chi connectivity index (χ0) is 16.4. The molecular formula is C16H17FN4OS. The number of hydrogen-bond donors (Lipinski definition) is 1. The number of aromatic amines is 1. The van der Waals surface area contributed by atoms with Crippen LogP contribution < -0.4 is 0 Å². The number of nitrogens with one attached hydrogen (secondary N) is 1. The van der Waals surface area contributed by atoms with E-state index < -0.39 is 5.82 Å². The minimum Gasteiger partial charge on any atom is -0.344 e. The molecule has 1 amide bonds. The van der Waals surface area contributed by atoms with Gasteiger partial charge in [0.25, 0.3) is 5.91 Å². The van der Waals surface area contributed by atoms with Crippen LogP contribution in [0.1, 0.15) is 29.2 Å². The van der Waals surface area contributed by atoms with Crippen molar-refractivity contribution >= 4 is 28.3 Å². The van der Waals surface area contributed by atoms with Crippen LogP contribution in [0.5, 0.6) is 0 Å². The van der Waals surface area contributed by atoms with Crippen LogP contribution in [-0.2, 0) is 6.42 Å². The van der Waals surface area contributed by atoms with Crippen molar-refractivity contribution in [2.45, 2.75) is 26.3 Å². The Labute approximate surface area is 137 Å². The molecular weight excluding hydrogens is 315 g/mol. The smallest absolute Gasteiger partial charge is 0.256 e. The summed E-state index contributed by atoms with van der Waals surface area (Å²) in [6.45, 7) is 4.42. The van der Waals surface area contributed by atoms with E-state index in [4.69, 9.17) is 0 Å². The Kier molecular flexibility index (Phi) is 4.38. The number of halogens is 1. The lowest BCUT2D eigenvalue weighted by Gasteiger charge is -2.26. The minimum atomic E-state index is -0.450. The Balaban J connectivity index is 1.89. The number of benzene rings is 1. The van der Waals surface area contributed by atoms with Crippen molar-refractivity contribution in [3.63, 3.8) is 0 Å². The van der Waals surface area contributed by atoms with Crippen molar-refractivity contribution in [1.29, 1.82) is 0 Å². The molecule has 0 fully saturated rings. The Morgan fingerprint density at radius 1 is 1.39 bits per heavy atom. The van der Waals surface area contributed by atoms with Gasteiger partial charge in [-0.15, -0.1) is 11.3 Å². The Hall–Kier alpha value is -2.28. The van der Waals surface area contributed by atoms with Crippen LogP contribution in [0.2, 0.25) is 0 Å². The van der Waals surface area contributed by atoms with Gasteiger partial charge in [-0.05, 0) is 26.0 Å². The van der Waals surface area contributed by atoms with Gasteiger partial charge in [-0.25, -0.2) is 14.4 Å². The molecule has 23 heavy (non-hydrogen) atoms. The third-order valence-corrected chi connectivity index (χ3v) is 4.49. The number of imidazole rings is 1. The number of fused-ring (bicyclic) bond motifs is 1. The number of thiazole rings is 1. The maximum atomic E-state index is 13.8. The first-order valence-corrected chi connectivity index (χ1v) is 8.26. The predicted octanol–water partition coefficient (Wildman–Crippen LogP) is 3.25. The lowest BCUT2D eigenvalue weighted by Crippen LogP contribution is -2.38. The standard InChI is InChI=1S/C16H17FN4OS/c1-10(2)21(5-3-14-18-4-6-23-14)16(22)12-7-11(17)8-13-15(12)20-9-19-13/h4,6-10H,3,5H2,1-2H3,(H,19,20). The molecule has 1 N–H and O–H groups in total. The van der Waals surface area contributed by atoms with E-state index in [-0.39, 0.29) is 17.5 Å². The van der Waals surface area contributed by atoms with E-state index in [9.17, 15) is 9.18 Å². The van der Waals surface area contributed by atoms with Gasteiger partial charge in [0.2, 0.25) is 0 Å². The molecule has 0 aliphatic carbocycles. The highest BCUT2D eigenvalue weighted by Crippen LogP contribution is 2.20. The summed E-state index contributed by atoms with van der Waals surface area (Å²) in [6, 6.07) is 2.60. The van der Waals surface area contributed by atoms with E-state index in [1.54, 1.807) is 22.4 Å². The number of rotatable bonds is 5. The second kappa shape index (κ2) is 6.45. The van der Waals surface area contributed by atoms with Crippen LogP contribution >= 0.6 is 11.3 Å². The summed E-state index contributed by atoms with van der Waals surface area (Å²) in [5, 5.41) is 2.89. The van der Waals surface area contributed by atoms with Gasteiger partial charge in [0.05, 0.1) is 22.4 Å². The van der Waals surface area contributed by atoms with Crippen LogP contribution in [0.4, 0.5) is 4.39 Å². The van der Waals surface area contributed by atoms with Gasteiger partial charge in [-0.2, -0.15) is 0 Å². The molecule has 5 nitrogen and oxygen atoms in total. The Morgan fingerprint density at radius 2 is 2.22 bits per heavy atom. The van der Waals surface area contributed by atoms with Gasteiger partial charge < -0.3 is 9.88 Å². The summed E-state index contributed by atoms with van der Waals surface area (Å²) in [5.41, 5.74) is 1.31. The van der Waals surface area contributed by atoms with E-state index in [2.05, 4.69) is 15.0 Å². The van der Waals surface area contributed by atoms with Crippen molar-refractivity contribution in [2.24, 2.45) is 0 Å². The van der Waals surface area contributed by atoms with E-state index in [1.165, 1.54) is 18.5 Å². The van der Waals surface area contributed by atoms with Crippen LogP contribution in [0.15, 0.2) is 30.0 Å². The quantitative estimate of drug-likeness (QED) is 0.780. The van der Waals surface area contributed by atoms with Crippen molar-refractivity contribution in [2.75, 3.05) is 6.54 Å². The minimum absolute atomic E-state index is 0.000258. The summed E-state index contributed by atoms with van der Waals surface area (Å²) in [4.78, 5) is 25.9. The molecule has 120 valence electrons. The number of H-pyrrole nitrogens is 1. The molecule has 3 aromatic rings. The third kappa shape index (κ3) is 3.24. The highest BCUT2D eigenvalue weighted by atomic mass is 32.1. The molecule has 0 aliphatic heterocycles. The molecule has 0 spiro atoms. The maximum Gasteiger partial charge on any atom is 0.256 e. The van der Waals surface area contributed by atoms with Crippen molar-refractivity contribution < 1.29 is 9.18 Å². The molecule has 1 aromatic carbocycles. The monoisotopic (exact) mass is 332 g/mol. The molecule has 0 unspecified atom stereocenters. The summed E-state index contributed by atoms with van der Waals surface area (Å²) in [6.07, 6.45) is 3.90. The zero-order valence-electron chi connectivity index (χ0n) is 12.9. The summed E-state index contributed by atoms with van der Waals surface area (Å²) >= 11 is 1.56. The zero-order valence-corrected chi connectivity index (χ0v) is 13.7. The van der Waals surface area contributed by atoms with Gasteiger partial charge in [-0.3, -0.25) is 4.79 Å². The molecule has 0 radical (unpaired) electrons. The fourth-order valence-corrected chi connectivity index (χ4v) is 3.13. The number of carbonyl (C=O) groups is 1. The molecule has 3 rings (SSSR count). The number of hydrogen-bond acceptors (Lipinski definition) is 4. The highest BCUT2D eigenvalue weighted by Gasteiger charge is 2.22. The summed E-state index contributed by atoms with van der Waals surface area (Å²) < 4.78 is 13.8. The first-order valence-electron chi connectivity index (χ1n) is 7.38. The van der Waals surface area contributed by atoms with Crippen molar-refractivity contribution in [3.05, 3.63) is 46.4 Å². The topological polar surface area (TPSA) is 61.9 Å². The first kappa shape index (κ1) is 15.6. The molecule has 0 aliphatic rings. The molecule has 0 saturated heterocycles. The molecule has 2 aromatic heterocycles. The molecule has 0 atom stereocenters. The van der Waals surface area contributed by atoms with E-state index >= 15 is 0 Å². The van der Waals surface area contributed by atoms with Crippen LogP contribution in [0.25, 0.3) is 11.0 Å². The third-order valence-electron chi connectivity index (χ3n) is 3.65. The van der Waals surface area contributed by atoms with Gasteiger partial charge in [0.1, 0.15) is 11.3 Å². The lowest BCUT2D eigenvalue weighted by molar-refractivity contribution is 0.0709. The van der Waals surface area contributed by atoms with Crippen LogP contribution in [0, 0.1) is 5.82 Å². The normalized spacial score (nSPS) is 11.3. The van der Waals surface area contributed by atoms with Crippen molar-refractivity contribution in [3.8, 4) is 0 Å². The van der Waals surface area contributed by atoms with Gasteiger partial charge >= 0.3 is 0 Å². The second-order valence-corrected chi connectivity index (χ2v) is 6.50. The average molecular weight is 332 g/mol. The highest BCUT2D eigenvalue weighted by molar-refractivity contribution is 7.09. The van der Waals surface area contributed by atoms with Gasteiger partial charge in [0, 0.05) is 30.6 Å². The van der Waals surface area contributed by atoms with Crippen molar-refractivity contribution in [1.82, 2.24) is 19.9 Å². The Bertz CT molecular complexity index is 813. The second-order valence-electron chi connectivity index (χ2n) is 5.52. The summed E-state index contributed by atoms with van der Waals surface area (Å²) in [7, 11) is 0. The molecule has 7 heteroatoms. The predicted molar refractivity (Wildman–Crippen MR) is 88.0 cm³/mol. The maximum absolute atomic E-state index is 13.8. The Morgan fingerprint density at radius 3 is 2.91 bits per heavy atom. The largest absolute Gasteiger partial charge is 0.344 e. The number of aromatic nitrogens is 3. The van der Waals surface area contributed by atoms with E-state index in [0.717, 1.165) is 5.01 Å². The molecule has 2 heterocycles. The van der Waals surface area contributed by atoms with Gasteiger partial charge in [-0.1, -0.05) is 0 Å². The molecule has 0 saturated carbocycles. The first-order chi connectivity index (χ1) is 11.1. The number of amides is 1. The fraction of sp³-hybridized carbons (Fsp3) is 0.312.